The molecule has 2 rings (SSSR count). The quantitative estimate of drug-likeness (QED) is 0.638. The number of aryl methyl sites for hydroxylation is 2. The molecule has 5 nitrogen and oxygen atoms in total. The van der Waals surface area contributed by atoms with E-state index in [1.54, 1.807) is 16.4 Å². The lowest BCUT2D eigenvalue weighted by molar-refractivity contribution is 0.171. The molecule has 0 aliphatic carbocycles. The molecule has 0 atom stereocenters. The number of nitrogens with one attached hydrogen (secondary N) is 1. The van der Waals surface area contributed by atoms with Crippen LogP contribution in [0.15, 0.2) is 47.5 Å². The summed E-state index contributed by atoms with van der Waals surface area (Å²) in [5.41, 5.74) is 3.46. The Morgan fingerprint density at radius 3 is 2.74 bits per heavy atom. The number of anilines is 1. The van der Waals surface area contributed by atoms with Crippen LogP contribution in [0.5, 0.6) is 0 Å². The molecule has 122 valence electrons. The highest BCUT2D eigenvalue weighted by molar-refractivity contribution is 7.98. The number of rotatable bonds is 6. The van der Waals surface area contributed by atoms with Gasteiger partial charge in [0.05, 0.1) is 11.4 Å². The lowest BCUT2D eigenvalue weighted by atomic mass is 10.2. The summed E-state index contributed by atoms with van der Waals surface area (Å²) in [6.07, 6.45) is -0.495. The Kier molecular flexibility index (Phi) is 5.87. The van der Waals surface area contributed by atoms with Gasteiger partial charge in [-0.15, -0.1) is 0 Å². The summed E-state index contributed by atoms with van der Waals surface area (Å²) in [7, 11) is 1.87. The zero-order valence-corrected chi connectivity index (χ0v) is 14.4. The summed E-state index contributed by atoms with van der Waals surface area (Å²) in [4.78, 5) is 11.9. The fourth-order valence-corrected chi connectivity index (χ4v) is 3.07. The van der Waals surface area contributed by atoms with Gasteiger partial charge in [-0.3, -0.25) is 10.00 Å². The third-order valence-electron chi connectivity index (χ3n) is 3.06. The van der Waals surface area contributed by atoms with Gasteiger partial charge in [-0.25, -0.2) is 4.79 Å². The lowest BCUT2D eigenvalue weighted by Crippen LogP contribution is -2.15. The maximum atomic E-state index is 11.9. The monoisotopic (exact) mass is 331 g/mol. The van der Waals surface area contributed by atoms with Crippen LogP contribution in [0.25, 0.3) is 0 Å². The molecule has 1 amide bonds. The Balaban J connectivity index is 2.07. The summed E-state index contributed by atoms with van der Waals surface area (Å²) in [5, 5.41) is 8.07. The van der Waals surface area contributed by atoms with E-state index < -0.39 is 6.09 Å². The Labute approximate surface area is 140 Å². The summed E-state index contributed by atoms with van der Waals surface area (Å²) < 4.78 is 6.87. The molecule has 0 aliphatic heterocycles. The molecule has 0 aliphatic rings. The van der Waals surface area contributed by atoms with Gasteiger partial charge >= 0.3 is 6.09 Å². The van der Waals surface area contributed by atoms with Crippen LogP contribution >= 0.6 is 11.8 Å². The number of thioether (sulfide) groups is 1. The minimum atomic E-state index is -0.495. The Morgan fingerprint density at radius 2 is 2.09 bits per heavy atom. The van der Waals surface area contributed by atoms with Crippen molar-refractivity contribution in [1.82, 2.24) is 9.78 Å². The second-order valence-electron chi connectivity index (χ2n) is 5.32. The summed E-state index contributed by atoms with van der Waals surface area (Å²) in [5.74, 6) is 0.801. The lowest BCUT2D eigenvalue weighted by Gasteiger charge is -2.09. The maximum absolute atomic E-state index is 11.9. The van der Waals surface area contributed by atoms with Gasteiger partial charge in [0.2, 0.25) is 0 Å². The highest BCUT2D eigenvalue weighted by Gasteiger charge is 2.17. The maximum Gasteiger partial charge on any atom is 0.412 e. The number of benzene rings is 1. The highest BCUT2D eigenvalue weighted by Crippen LogP contribution is 2.32. The van der Waals surface area contributed by atoms with Crippen LogP contribution in [-0.4, -0.2) is 22.5 Å². The summed E-state index contributed by atoms with van der Waals surface area (Å²) in [6.45, 7) is 7.59. The van der Waals surface area contributed by atoms with E-state index in [1.165, 1.54) is 5.56 Å². The van der Waals surface area contributed by atoms with E-state index in [1.807, 2.05) is 39.1 Å². The molecule has 1 aromatic carbocycles. The Hall–Kier alpha value is -2.21. The minimum absolute atomic E-state index is 0.206. The van der Waals surface area contributed by atoms with Gasteiger partial charge in [0.25, 0.3) is 0 Å². The van der Waals surface area contributed by atoms with Gasteiger partial charge in [-0.2, -0.15) is 5.10 Å². The molecule has 0 saturated carbocycles. The van der Waals surface area contributed by atoms with Crippen molar-refractivity contribution < 1.29 is 9.53 Å². The molecule has 0 fully saturated rings. The number of aromatic nitrogens is 2. The standard InChI is InChI=1S/C17H21N3O2S/c1-12(2)10-22-17(21)18-15-13(3)19-20(4)16(15)23-11-14-8-6-5-7-9-14/h5-9H,1,10-11H2,2-4H3,(H,18,21). The predicted molar refractivity (Wildman–Crippen MR) is 93.7 cm³/mol. The van der Waals surface area contributed by atoms with Gasteiger partial charge in [-0.1, -0.05) is 48.7 Å². The van der Waals surface area contributed by atoms with Gasteiger partial charge < -0.3 is 4.74 Å². The normalized spacial score (nSPS) is 10.4. The van der Waals surface area contributed by atoms with Gasteiger partial charge in [0.1, 0.15) is 11.6 Å². The molecule has 0 saturated heterocycles. The first kappa shape index (κ1) is 17.1. The molecule has 0 radical (unpaired) electrons. The highest BCUT2D eigenvalue weighted by atomic mass is 32.2. The third kappa shape index (κ3) is 4.89. The van der Waals surface area contributed by atoms with E-state index in [-0.39, 0.29) is 6.61 Å². The molecule has 23 heavy (non-hydrogen) atoms. The molecule has 6 heteroatoms. The fourth-order valence-electron chi connectivity index (χ4n) is 2.00. The van der Waals surface area contributed by atoms with Crippen molar-refractivity contribution in [2.45, 2.75) is 24.6 Å². The SMILES string of the molecule is C=C(C)COC(=O)Nc1c(C)nn(C)c1SCc1ccccc1. The average Bonchev–Trinajstić information content (AvgIpc) is 2.78. The van der Waals surface area contributed by atoms with E-state index in [9.17, 15) is 4.79 Å². The topological polar surface area (TPSA) is 56.1 Å². The summed E-state index contributed by atoms with van der Waals surface area (Å²) >= 11 is 1.63. The first-order valence-corrected chi connectivity index (χ1v) is 8.24. The van der Waals surface area contributed by atoms with Gasteiger partial charge in [0.15, 0.2) is 0 Å². The smallest absolute Gasteiger partial charge is 0.412 e. The Bertz CT molecular complexity index is 695. The van der Waals surface area contributed by atoms with Crippen LogP contribution in [0.1, 0.15) is 18.2 Å². The molecule has 0 bridgehead atoms. The molecule has 2 aromatic rings. The van der Waals surface area contributed by atoms with Crippen LogP contribution in [0.4, 0.5) is 10.5 Å². The Morgan fingerprint density at radius 1 is 1.39 bits per heavy atom. The molecule has 1 heterocycles. The largest absolute Gasteiger partial charge is 0.445 e. The van der Waals surface area contributed by atoms with E-state index in [4.69, 9.17) is 4.74 Å². The average molecular weight is 331 g/mol. The van der Waals surface area contributed by atoms with Crippen LogP contribution < -0.4 is 5.32 Å². The van der Waals surface area contributed by atoms with Crippen molar-refractivity contribution in [3.8, 4) is 0 Å². The predicted octanol–water partition coefficient (Wildman–Crippen LogP) is 4.15. The minimum Gasteiger partial charge on any atom is -0.445 e. The van der Waals surface area contributed by atoms with Crippen molar-refractivity contribution in [2.24, 2.45) is 7.05 Å². The van der Waals surface area contributed by atoms with Crippen molar-refractivity contribution >= 4 is 23.5 Å². The number of ether oxygens (including phenoxy) is 1. The number of hydrogen-bond donors (Lipinski definition) is 1. The third-order valence-corrected chi connectivity index (χ3v) is 4.28. The number of hydrogen-bond acceptors (Lipinski definition) is 4. The molecule has 1 N–H and O–H groups in total. The van der Waals surface area contributed by atoms with E-state index in [0.29, 0.717) is 5.69 Å². The zero-order valence-electron chi connectivity index (χ0n) is 13.6. The molecule has 0 unspecified atom stereocenters. The van der Waals surface area contributed by atoms with Gasteiger partial charge in [0, 0.05) is 12.8 Å². The molecule has 0 spiro atoms. The van der Waals surface area contributed by atoms with Crippen LogP contribution in [0, 0.1) is 6.92 Å². The van der Waals surface area contributed by atoms with Crippen molar-refractivity contribution in [1.29, 1.82) is 0 Å². The molecular weight excluding hydrogens is 310 g/mol. The first-order valence-electron chi connectivity index (χ1n) is 7.26. The summed E-state index contributed by atoms with van der Waals surface area (Å²) in [6, 6.07) is 10.2. The fraction of sp³-hybridized carbons (Fsp3) is 0.294. The second kappa shape index (κ2) is 7.87. The van der Waals surface area contributed by atoms with Crippen LogP contribution in [-0.2, 0) is 17.5 Å². The number of carbonyl (C=O) groups is 1. The van der Waals surface area contributed by atoms with Crippen molar-refractivity contribution in [3.63, 3.8) is 0 Å². The van der Waals surface area contributed by atoms with Crippen molar-refractivity contribution in [3.05, 3.63) is 53.7 Å². The van der Waals surface area contributed by atoms with Crippen LogP contribution in [0.3, 0.4) is 0 Å². The number of amides is 1. The number of carbonyl (C=O) groups excluding carboxylic acids is 1. The molecular formula is C17H21N3O2S. The van der Waals surface area contributed by atoms with E-state index in [2.05, 4.69) is 29.1 Å². The zero-order chi connectivity index (χ0) is 16.8. The van der Waals surface area contributed by atoms with Crippen molar-refractivity contribution in [2.75, 3.05) is 11.9 Å². The molecule has 1 aromatic heterocycles. The van der Waals surface area contributed by atoms with Crippen LogP contribution in [0.2, 0.25) is 0 Å². The van der Waals surface area contributed by atoms with Gasteiger partial charge in [-0.05, 0) is 25.0 Å². The first-order chi connectivity index (χ1) is 11.0. The van der Waals surface area contributed by atoms with E-state index in [0.717, 1.165) is 22.0 Å². The number of nitrogens with zero attached hydrogens (tertiary/aromatic N) is 2. The second-order valence-corrected chi connectivity index (χ2v) is 6.29. The van der Waals surface area contributed by atoms with E-state index >= 15 is 0 Å².